The normalized spacial score (nSPS) is 25.8. The largest absolute Gasteiger partial charge is 0.388 e. The number of rotatable bonds is 6. The van der Waals surface area contributed by atoms with Crippen molar-refractivity contribution >= 4 is 5.91 Å². The second-order valence-electron chi connectivity index (χ2n) is 6.18. The van der Waals surface area contributed by atoms with Gasteiger partial charge in [0.25, 0.3) is 0 Å². The Labute approximate surface area is 111 Å². The molecule has 0 aromatic heterocycles. The van der Waals surface area contributed by atoms with E-state index in [1.54, 1.807) is 11.8 Å². The zero-order valence-corrected chi connectivity index (χ0v) is 12.0. The molecular formula is C14H28N2O2. The van der Waals surface area contributed by atoms with Gasteiger partial charge >= 0.3 is 0 Å². The summed E-state index contributed by atoms with van der Waals surface area (Å²) in [6.07, 6.45) is 3.17. The molecule has 1 heterocycles. The molecule has 0 aliphatic carbocycles. The number of likely N-dealkylation sites (tertiary alicyclic amines) is 1. The van der Waals surface area contributed by atoms with Gasteiger partial charge in [0, 0.05) is 19.5 Å². The topological polar surface area (TPSA) is 66.6 Å². The molecule has 0 bridgehead atoms. The van der Waals surface area contributed by atoms with Gasteiger partial charge in [0.05, 0.1) is 5.60 Å². The van der Waals surface area contributed by atoms with Gasteiger partial charge in [-0.05, 0) is 44.6 Å². The van der Waals surface area contributed by atoms with Crippen molar-refractivity contribution in [3.8, 4) is 0 Å². The fraction of sp³-hybridized carbons (Fsp3) is 0.929. The molecule has 18 heavy (non-hydrogen) atoms. The Bertz CT molecular complexity index is 277. The molecule has 3 N–H and O–H groups in total. The number of carbonyl (C=O) groups is 1. The molecule has 0 spiro atoms. The number of nitrogens with two attached hydrogens (primary N) is 1. The van der Waals surface area contributed by atoms with Crippen LogP contribution in [0.2, 0.25) is 0 Å². The number of amides is 1. The zero-order chi connectivity index (χ0) is 13.8. The first-order valence-electron chi connectivity index (χ1n) is 7.06. The van der Waals surface area contributed by atoms with Crippen LogP contribution in [0.25, 0.3) is 0 Å². The predicted molar refractivity (Wildman–Crippen MR) is 73.1 cm³/mol. The highest BCUT2D eigenvalue weighted by Crippen LogP contribution is 2.24. The van der Waals surface area contributed by atoms with Gasteiger partial charge in [-0.15, -0.1) is 0 Å². The summed E-state index contributed by atoms with van der Waals surface area (Å²) >= 11 is 0. The first-order chi connectivity index (χ1) is 8.35. The number of nitrogens with zero attached hydrogens (tertiary/aromatic N) is 1. The summed E-state index contributed by atoms with van der Waals surface area (Å²) in [6.45, 7) is 8.03. The number of hydrogen-bond donors (Lipinski definition) is 2. The molecule has 0 radical (unpaired) electrons. The predicted octanol–water partition coefficient (Wildman–Crippen LogP) is 1.37. The van der Waals surface area contributed by atoms with E-state index in [0.717, 1.165) is 12.8 Å². The van der Waals surface area contributed by atoms with Crippen LogP contribution in [-0.2, 0) is 4.79 Å². The maximum Gasteiger partial charge on any atom is 0.222 e. The number of carbonyl (C=O) groups excluding carboxylic acids is 1. The molecule has 4 heteroatoms. The van der Waals surface area contributed by atoms with E-state index in [0.29, 0.717) is 44.3 Å². The van der Waals surface area contributed by atoms with E-state index in [4.69, 9.17) is 5.73 Å². The zero-order valence-electron chi connectivity index (χ0n) is 12.0. The van der Waals surface area contributed by atoms with Crippen LogP contribution in [0.15, 0.2) is 0 Å². The molecule has 1 aliphatic heterocycles. The van der Waals surface area contributed by atoms with Crippen LogP contribution < -0.4 is 5.73 Å². The van der Waals surface area contributed by atoms with Gasteiger partial charge in [-0.2, -0.15) is 0 Å². The van der Waals surface area contributed by atoms with Gasteiger partial charge < -0.3 is 15.7 Å². The average Bonchev–Trinajstić information content (AvgIpc) is 2.64. The summed E-state index contributed by atoms with van der Waals surface area (Å²) in [7, 11) is 0. The van der Waals surface area contributed by atoms with Crippen molar-refractivity contribution in [3.63, 3.8) is 0 Å². The number of β-amino-alcohol motifs (C(OH)–C–C–N with tert-alkyl or cyclic N) is 1. The lowest BCUT2D eigenvalue weighted by atomic mass is 9.88. The van der Waals surface area contributed by atoms with E-state index in [1.165, 1.54) is 0 Å². The molecule has 2 atom stereocenters. The van der Waals surface area contributed by atoms with E-state index in [2.05, 4.69) is 13.8 Å². The molecule has 4 nitrogen and oxygen atoms in total. The highest BCUT2D eigenvalue weighted by molar-refractivity contribution is 5.76. The minimum Gasteiger partial charge on any atom is -0.388 e. The molecule has 1 aliphatic rings. The van der Waals surface area contributed by atoms with Crippen molar-refractivity contribution in [1.29, 1.82) is 0 Å². The summed E-state index contributed by atoms with van der Waals surface area (Å²) in [5.74, 6) is 1.28. The van der Waals surface area contributed by atoms with Crippen molar-refractivity contribution in [2.45, 2.75) is 52.1 Å². The molecular weight excluding hydrogens is 228 g/mol. The Balaban J connectivity index is 2.36. The third kappa shape index (κ3) is 4.58. The van der Waals surface area contributed by atoms with Crippen LogP contribution in [-0.4, -0.2) is 41.1 Å². The lowest BCUT2D eigenvalue weighted by molar-refractivity contribution is -0.131. The fourth-order valence-corrected chi connectivity index (χ4v) is 2.65. The lowest BCUT2D eigenvalue weighted by Gasteiger charge is -2.22. The molecule has 2 unspecified atom stereocenters. The molecule has 0 saturated carbocycles. The van der Waals surface area contributed by atoms with Gasteiger partial charge in [-0.1, -0.05) is 13.8 Å². The fourth-order valence-electron chi connectivity index (χ4n) is 2.65. The van der Waals surface area contributed by atoms with E-state index in [-0.39, 0.29) is 5.91 Å². The summed E-state index contributed by atoms with van der Waals surface area (Å²) < 4.78 is 0. The van der Waals surface area contributed by atoms with Crippen molar-refractivity contribution < 1.29 is 9.90 Å². The SMILES string of the molecule is CC(C)C(CCN)CCC(=O)N1CCC(C)(O)C1. The first-order valence-corrected chi connectivity index (χ1v) is 7.06. The van der Waals surface area contributed by atoms with Crippen LogP contribution in [0.4, 0.5) is 0 Å². The van der Waals surface area contributed by atoms with Gasteiger partial charge in [-0.25, -0.2) is 0 Å². The summed E-state index contributed by atoms with van der Waals surface area (Å²) in [5.41, 5.74) is 4.91. The highest BCUT2D eigenvalue weighted by Gasteiger charge is 2.33. The third-order valence-corrected chi connectivity index (χ3v) is 4.01. The summed E-state index contributed by atoms with van der Waals surface area (Å²) in [5, 5.41) is 9.85. The molecule has 106 valence electrons. The maximum absolute atomic E-state index is 12.0. The van der Waals surface area contributed by atoms with Crippen LogP contribution in [0.3, 0.4) is 0 Å². The maximum atomic E-state index is 12.0. The van der Waals surface area contributed by atoms with E-state index in [9.17, 15) is 9.90 Å². The second kappa shape index (κ2) is 6.53. The van der Waals surface area contributed by atoms with Gasteiger partial charge in [0.15, 0.2) is 0 Å². The quantitative estimate of drug-likeness (QED) is 0.754. The minimum atomic E-state index is -0.690. The van der Waals surface area contributed by atoms with Gasteiger partial charge in [-0.3, -0.25) is 4.79 Å². The molecule has 1 rings (SSSR count). The van der Waals surface area contributed by atoms with Crippen LogP contribution in [0.5, 0.6) is 0 Å². The van der Waals surface area contributed by atoms with Crippen LogP contribution in [0.1, 0.15) is 46.5 Å². The standard InChI is InChI=1S/C14H28N2O2/c1-11(2)12(6-8-15)4-5-13(17)16-9-7-14(3,18)10-16/h11-12,18H,4-10,15H2,1-3H3. The summed E-state index contributed by atoms with van der Waals surface area (Å²) in [4.78, 5) is 13.8. The van der Waals surface area contributed by atoms with Gasteiger partial charge in [0.1, 0.15) is 0 Å². The lowest BCUT2D eigenvalue weighted by Crippen LogP contribution is -2.34. The Hall–Kier alpha value is -0.610. The second-order valence-corrected chi connectivity index (χ2v) is 6.18. The summed E-state index contributed by atoms with van der Waals surface area (Å²) in [6, 6.07) is 0. The Morgan fingerprint density at radius 1 is 1.44 bits per heavy atom. The van der Waals surface area contributed by atoms with Crippen molar-refractivity contribution in [2.75, 3.05) is 19.6 Å². The smallest absolute Gasteiger partial charge is 0.222 e. The van der Waals surface area contributed by atoms with Crippen LogP contribution >= 0.6 is 0 Å². The van der Waals surface area contributed by atoms with Crippen molar-refractivity contribution in [3.05, 3.63) is 0 Å². The van der Waals surface area contributed by atoms with E-state index < -0.39 is 5.60 Å². The van der Waals surface area contributed by atoms with Crippen molar-refractivity contribution in [2.24, 2.45) is 17.6 Å². The number of aliphatic hydroxyl groups is 1. The van der Waals surface area contributed by atoms with Gasteiger partial charge in [0.2, 0.25) is 5.91 Å². The monoisotopic (exact) mass is 256 g/mol. The molecule has 1 saturated heterocycles. The molecule has 1 amide bonds. The Morgan fingerprint density at radius 3 is 2.56 bits per heavy atom. The van der Waals surface area contributed by atoms with Crippen LogP contribution in [0, 0.1) is 11.8 Å². The first kappa shape index (κ1) is 15.4. The number of hydrogen-bond acceptors (Lipinski definition) is 3. The highest BCUT2D eigenvalue weighted by atomic mass is 16.3. The third-order valence-electron chi connectivity index (χ3n) is 4.01. The molecule has 0 aromatic rings. The molecule has 0 aromatic carbocycles. The Kier molecular flexibility index (Phi) is 5.60. The van der Waals surface area contributed by atoms with E-state index >= 15 is 0 Å². The van der Waals surface area contributed by atoms with E-state index in [1.807, 2.05) is 0 Å². The van der Waals surface area contributed by atoms with Crippen molar-refractivity contribution in [1.82, 2.24) is 4.90 Å². The minimum absolute atomic E-state index is 0.176. The Morgan fingerprint density at radius 2 is 2.11 bits per heavy atom. The average molecular weight is 256 g/mol. The molecule has 1 fully saturated rings.